The average Bonchev–Trinajstić information content (AvgIpc) is 2.62. The molecule has 1 aromatic heterocycles. The molecular formula is C19H21N3O2. The van der Waals surface area contributed by atoms with Crippen molar-refractivity contribution in [3.63, 3.8) is 0 Å². The third-order valence-corrected chi connectivity index (χ3v) is 5.14. The van der Waals surface area contributed by atoms with Crippen LogP contribution in [0.3, 0.4) is 0 Å². The number of carbonyl (C=O) groups is 1. The van der Waals surface area contributed by atoms with Gasteiger partial charge in [-0.05, 0) is 30.5 Å². The predicted molar refractivity (Wildman–Crippen MR) is 91.6 cm³/mol. The van der Waals surface area contributed by atoms with Gasteiger partial charge in [-0.25, -0.2) is 9.78 Å². The largest absolute Gasteiger partial charge is 0.381 e. The van der Waals surface area contributed by atoms with Crippen LogP contribution in [0.2, 0.25) is 0 Å². The Balaban J connectivity index is 1.57. The lowest BCUT2D eigenvalue weighted by molar-refractivity contribution is -0.109. The summed E-state index contributed by atoms with van der Waals surface area (Å²) in [7, 11) is 0. The van der Waals surface area contributed by atoms with Gasteiger partial charge in [0.25, 0.3) is 0 Å². The highest BCUT2D eigenvalue weighted by molar-refractivity contribution is 5.89. The number of ether oxygens (including phenoxy) is 1. The van der Waals surface area contributed by atoms with E-state index in [0.717, 1.165) is 32.6 Å². The standard InChI is InChI=1S/C19H21N3O2/c23-18(21-16-8-4-5-11-20-16)22-14-19(9-12-24-13-10-19)17(22)15-6-2-1-3-7-15/h1-8,11,17H,9-10,12-14H2,(H,20,21,23)/t17-/m1/s1. The summed E-state index contributed by atoms with van der Waals surface area (Å²) in [5.41, 5.74) is 1.34. The summed E-state index contributed by atoms with van der Waals surface area (Å²) < 4.78 is 5.55. The van der Waals surface area contributed by atoms with Gasteiger partial charge in [0.2, 0.25) is 0 Å². The maximum atomic E-state index is 12.7. The van der Waals surface area contributed by atoms with Crippen molar-refractivity contribution in [2.75, 3.05) is 25.1 Å². The second-order valence-electron chi connectivity index (χ2n) is 6.56. The van der Waals surface area contributed by atoms with Gasteiger partial charge in [0.1, 0.15) is 5.82 Å². The summed E-state index contributed by atoms with van der Waals surface area (Å²) in [4.78, 5) is 18.9. The number of amides is 2. The van der Waals surface area contributed by atoms with Crippen LogP contribution >= 0.6 is 0 Å². The zero-order valence-corrected chi connectivity index (χ0v) is 13.5. The Hall–Kier alpha value is -2.40. The Labute approximate surface area is 141 Å². The summed E-state index contributed by atoms with van der Waals surface area (Å²) in [5.74, 6) is 0.585. The lowest BCUT2D eigenvalue weighted by Crippen LogP contribution is -2.63. The number of pyridine rings is 1. The van der Waals surface area contributed by atoms with Gasteiger partial charge in [0.15, 0.2) is 0 Å². The number of anilines is 1. The molecule has 1 spiro atoms. The molecule has 0 unspecified atom stereocenters. The van der Waals surface area contributed by atoms with Gasteiger partial charge < -0.3 is 9.64 Å². The summed E-state index contributed by atoms with van der Waals surface area (Å²) >= 11 is 0. The van der Waals surface area contributed by atoms with Crippen molar-refractivity contribution < 1.29 is 9.53 Å². The lowest BCUT2D eigenvalue weighted by atomic mass is 9.64. The summed E-state index contributed by atoms with van der Waals surface area (Å²) in [6, 6.07) is 15.8. The van der Waals surface area contributed by atoms with Gasteiger partial charge in [-0.2, -0.15) is 0 Å². The van der Waals surface area contributed by atoms with Gasteiger partial charge in [0.05, 0.1) is 6.04 Å². The van der Waals surface area contributed by atoms with Crippen molar-refractivity contribution >= 4 is 11.8 Å². The number of hydrogen-bond acceptors (Lipinski definition) is 3. The molecule has 0 radical (unpaired) electrons. The maximum Gasteiger partial charge on any atom is 0.323 e. The third kappa shape index (κ3) is 2.65. The summed E-state index contributed by atoms with van der Waals surface area (Å²) in [6.07, 6.45) is 3.68. The Kier molecular flexibility index (Phi) is 3.94. The fourth-order valence-corrected chi connectivity index (χ4v) is 3.92. The number of nitrogens with one attached hydrogen (secondary N) is 1. The number of aromatic nitrogens is 1. The Bertz CT molecular complexity index is 699. The van der Waals surface area contributed by atoms with Gasteiger partial charge in [-0.15, -0.1) is 0 Å². The van der Waals surface area contributed by atoms with Gasteiger partial charge in [-0.1, -0.05) is 36.4 Å². The van der Waals surface area contributed by atoms with E-state index in [0.29, 0.717) is 5.82 Å². The highest BCUT2D eigenvalue weighted by Gasteiger charge is 2.55. The zero-order valence-electron chi connectivity index (χ0n) is 13.5. The van der Waals surface area contributed by atoms with E-state index in [1.54, 1.807) is 12.3 Å². The van der Waals surface area contributed by atoms with E-state index in [1.165, 1.54) is 5.56 Å². The van der Waals surface area contributed by atoms with E-state index in [1.807, 2.05) is 35.2 Å². The molecule has 1 N–H and O–H groups in total. The molecule has 2 amide bonds. The van der Waals surface area contributed by atoms with Gasteiger partial charge in [-0.3, -0.25) is 5.32 Å². The third-order valence-electron chi connectivity index (χ3n) is 5.14. The Morgan fingerprint density at radius 3 is 2.58 bits per heavy atom. The van der Waals surface area contributed by atoms with E-state index in [4.69, 9.17) is 4.74 Å². The van der Waals surface area contributed by atoms with Gasteiger partial charge >= 0.3 is 6.03 Å². The summed E-state index contributed by atoms with van der Waals surface area (Å²) in [6.45, 7) is 2.33. The normalized spacial score (nSPS) is 22.0. The molecule has 0 aliphatic carbocycles. The van der Waals surface area contributed by atoms with Crippen LogP contribution in [0, 0.1) is 5.41 Å². The van der Waals surface area contributed by atoms with Crippen LogP contribution in [0.15, 0.2) is 54.7 Å². The van der Waals surface area contributed by atoms with Crippen molar-refractivity contribution in [1.82, 2.24) is 9.88 Å². The number of hydrogen-bond donors (Lipinski definition) is 1. The molecule has 3 heterocycles. The fraction of sp³-hybridized carbons (Fsp3) is 0.368. The van der Waals surface area contributed by atoms with Gasteiger partial charge in [0, 0.05) is 31.4 Å². The molecule has 4 rings (SSSR count). The molecule has 0 saturated carbocycles. The Morgan fingerprint density at radius 2 is 1.88 bits per heavy atom. The molecule has 24 heavy (non-hydrogen) atoms. The number of rotatable bonds is 2. The molecule has 124 valence electrons. The average molecular weight is 323 g/mol. The minimum absolute atomic E-state index is 0.0836. The molecule has 1 aromatic carbocycles. The molecule has 5 heteroatoms. The lowest BCUT2D eigenvalue weighted by Gasteiger charge is -2.59. The molecular weight excluding hydrogens is 302 g/mol. The van der Waals surface area contributed by atoms with E-state index >= 15 is 0 Å². The minimum Gasteiger partial charge on any atom is -0.381 e. The van der Waals surface area contributed by atoms with Crippen LogP contribution in [0.5, 0.6) is 0 Å². The summed E-state index contributed by atoms with van der Waals surface area (Å²) in [5, 5.41) is 2.91. The number of urea groups is 1. The fourth-order valence-electron chi connectivity index (χ4n) is 3.92. The van der Waals surface area contributed by atoms with Crippen LogP contribution in [-0.4, -0.2) is 35.7 Å². The molecule has 2 aliphatic rings. The van der Waals surface area contributed by atoms with Crippen molar-refractivity contribution in [3.05, 3.63) is 60.3 Å². The van der Waals surface area contributed by atoms with Crippen molar-refractivity contribution in [3.8, 4) is 0 Å². The second-order valence-corrected chi connectivity index (χ2v) is 6.56. The first kappa shape index (κ1) is 15.1. The minimum atomic E-state index is -0.0836. The van der Waals surface area contributed by atoms with Crippen LogP contribution < -0.4 is 5.32 Å². The molecule has 2 fully saturated rings. The molecule has 2 aliphatic heterocycles. The molecule has 2 saturated heterocycles. The highest BCUT2D eigenvalue weighted by Crippen LogP contribution is 2.54. The predicted octanol–water partition coefficient (Wildman–Crippen LogP) is 3.47. The molecule has 1 atom stereocenters. The number of likely N-dealkylation sites (tertiary alicyclic amines) is 1. The van der Waals surface area contributed by atoms with Crippen LogP contribution in [-0.2, 0) is 4.74 Å². The number of nitrogens with zero attached hydrogens (tertiary/aromatic N) is 2. The second kappa shape index (κ2) is 6.24. The maximum absolute atomic E-state index is 12.7. The van der Waals surface area contributed by atoms with E-state index in [2.05, 4.69) is 22.4 Å². The van der Waals surface area contributed by atoms with E-state index in [-0.39, 0.29) is 17.5 Å². The Morgan fingerprint density at radius 1 is 1.12 bits per heavy atom. The topological polar surface area (TPSA) is 54.5 Å². The SMILES string of the molecule is O=C(Nc1ccccn1)N1CC2(CCOCC2)[C@H]1c1ccccc1. The van der Waals surface area contributed by atoms with E-state index in [9.17, 15) is 4.79 Å². The van der Waals surface area contributed by atoms with E-state index < -0.39 is 0 Å². The smallest absolute Gasteiger partial charge is 0.323 e. The van der Waals surface area contributed by atoms with Crippen molar-refractivity contribution in [2.24, 2.45) is 5.41 Å². The zero-order chi connectivity index (χ0) is 16.4. The first-order chi connectivity index (χ1) is 11.8. The number of benzene rings is 1. The number of carbonyl (C=O) groups excluding carboxylic acids is 1. The molecule has 2 aromatic rings. The highest BCUT2D eigenvalue weighted by atomic mass is 16.5. The van der Waals surface area contributed by atoms with Crippen LogP contribution in [0.25, 0.3) is 0 Å². The van der Waals surface area contributed by atoms with Crippen LogP contribution in [0.4, 0.5) is 10.6 Å². The first-order valence-corrected chi connectivity index (χ1v) is 8.40. The van der Waals surface area contributed by atoms with Crippen LogP contribution in [0.1, 0.15) is 24.4 Å². The molecule has 5 nitrogen and oxygen atoms in total. The first-order valence-electron chi connectivity index (χ1n) is 8.40. The van der Waals surface area contributed by atoms with Crippen molar-refractivity contribution in [2.45, 2.75) is 18.9 Å². The monoisotopic (exact) mass is 323 g/mol. The quantitative estimate of drug-likeness (QED) is 0.921. The van der Waals surface area contributed by atoms with Crippen molar-refractivity contribution in [1.29, 1.82) is 0 Å². The molecule has 0 bridgehead atoms.